The molecule has 0 unspecified atom stereocenters. The molecule has 7 heteroatoms. The first-order valence-electron chi connectivity index (χ1n) is 5.98. The number of sulfonamides is 1. The monoisotopic (exact) mass is 307 g/mol. The Morgan fingerprint density at radius 3 is 2.38 bits per heavy atom. The number of benzene rings is 2. The Balaban J connectivity index is 2.27. The second-order valence-electron chi connectivity index (χ2n) is 4.38. The molecule has 2 rings (SSSR count). The number of phenolic OH excluding ortho intramolecular Hbond substituents is 1. The van der Waals surface area contributed by atoms with E-state index >= 15 is 0 Å². The number of phenols is 1. The van der Waals surface area contributed by atoms with Crippen LogP contribution >= 0.6 is 0 Å². The van der Waals surface area contributed by atoms with E-state index < -0.39 is 16.0 Å². The minimum absolute atomic E-state index is 0.0868. The number of nitrogens with one attached hydrogen (secondary N) is 1. The minimum atomic E-state index is -3.75. The highest BCUT2D eigenvalue weighted by molar-refractivity contribution is 7.91. The van der Waals surface area contributed by atoms with E-state index in [2.05, 4.69) is 4.72 Å². The van der Waals surface area contributed by atoms with E-state index in [9.17, 15) is 18.3 Å². The van der Waals surface area contributed by atoms with Crippen LogP contribution in [0.5, 0.6) is 5.75 Å². The van der Waals surface area contributed by atoms with Crippen molar-refractivity contribution in [2.45, 2.75) is 5.75 Å². The SMILES string of the molecule is O=C(O)c1cc(O)ccc1NS(=O)(=O)Cc1ccccc1. The lowest BCUT2D eigenvalue weighted by molar-refractivity contribution is 0.0697. The van der Waals surface area contributed by atoms with Gasteiger partial charge in [0, 0.05) is 0 Å². The third-order valence-corrected chi connectivity index (χ3v) is 3.94. The van der Waals surface area contributed by atoms with Crippen LogP contribution in [0.4, 0.5) is 5.69 Å². The molecule has 0 aliphatic carbocycles. The summed E-state index contributed by atoms with van der Waals surface area (Å²) < 4.78 is 26.3. The van der Waals surface area contributed by atoms with Crippen molar-refractivity contribution >= 4 is 21.7 Å². The summed E-state index contributed by atoms with van der Waals surface area (Å²) in [7, 11) is -3.75. The van der Waals surface area contributed by atoms with Crippen molar-refractivity contribution in [1.82, 2.24) is 0 Å². The second-order valence-corrected chi connectivity index (χ2v) is 6.10. The first kappa shape index (κ1) is 14.9. The molecule has 0 aromatic heterocycles. The van der Waals surface area contributed by atoms with Crippen LogP contribution in [0, 0.1) is 0 Å². The predicted octanol–water partition coefficient (Wildman–Crippen LogP) is 2.03. The van der Waals surface area contributed by atoms with Crippen LogP contribution in [0.3, 0.4) is 0 Å². The maximum atomic E-state index is 12.1. The normalized spacial score (nSPS) is 11.0. The molecule has 0 fully saturated rings. The maximum Gasteiger partial charge on any atom is 0.337 e. The average Bonchev–Trinajstić information content (AvgIpc) is 2.41. The van der Waals surface area contributed by atoms with Gasteiger partial charge in [-0.1, -0.05) is 30.3 Å². The number of hydrogen-bond donors (Lipinski definition) is 3. The van der Waals surface area contributed by atoms with Gasteiger partial charge in [0.1, 0.15) is 5.75 Å². The van der Waals surface area contributed by atoms with Crippen molar-refractivity contribution in [3.63, 3.8) is 0 Å². The van der Waals surface area contributed by atoms with Gasteiger partial charge in [0.05, 0.1) is 17.0 Å². The summed E-state index contributed by atoms with van der Waals surface area (Å²) in [5, 5.41) is 18.3. The van der Waals surface area contributed by atoms with E-state index in [1.54, 1.807) is 30.3 Å². The molecule has 0 aliphatic rings. The molecular formula is C14H13NO5S. The number of hydrogen-bond acceptors (Lipinski definition) is 4. The van der Waals surface area contributed by atoms with Crippen molar-refractivity contribution in [3.05, 3.63) is 59.7 Å². The highest BCUT2D eigenvalue weighted by atomic mass is 32.2. The molecule has 0 spiro atoms. The van der Waals surface area contributed by atoms with Gasteiger partial charge in [-0.25, -0.2) is 13.2 Å². The Labute approximate surface area is 121 Å². The Morgan fingerprint density at radius 1 is 1.10 bits per heavy atom. The third kappa shape index (κ3) is 3.96. The molecule has 0 amide bonds. The summed E-state index contributed by atoms with van der Waals surface area (Å²) >= 11 is 0. The quantitative estimate of drug-likeness (QED) is 0.733. The van der Waals surface area contributed by atoms with Gasteiger partial charge in [-0.2, -0.15) is 0 Å². The average molecular weight is 307 g/mol. The van der Waals surface area contributed by atoms with Gasteiger partial charge in [-0.15, -0.1) is 0 Å². The van der Waals surface area contributed by atoms with Gasteiger partial charge >= 0.3 is 5.97 Å². The van der Waals surface area contributed by atoms with E-state index in [1.165, 1.54) is 12.1 Å². The van der Waals surface area contributed by atoms with Gasteiger partial charge < -0.3 is 10.2 Å². The molecule has 0 saturated carbocycles. The van der Waals surface area contributed by atoms with Crippen LogP contribution < -0.4 is 4.72 Å². The summed E-state index contributed by atoms with van der Waals surface area (Å²) in [6, 6.07) is 11.9. The van der Waals surface area contributed by atoms with Crippen molar-refractivity contribution in [1.29, 1.82) is 0 Å². The molecule has 0 saturated heterocycles. The van der Waals surface area contributed by atoms with Crippen LogP contribution in [0.2, 0.25) is 0 Å². The van der Waals surface area contributed by atoms with E-state index in [1.807, 2.05) is 0 Å². The first-order chi connectivity index (χ1) is 9.87. The van der Waals surface area contributed by atoms with Crippen LogP contribution in [-0.4, -0.2) is 24.6 Å². The van der Waals surface area contributed by atoms with Crippen molar-refractivity contribution < 1.29 is 23.4 Å². The standard InChI is InChI=1S/C14H13NO5S/c16-11-6-7-13(12(8-11)14(17)18)15-21(19,20)9-10-4-2-1-3-5-10/h1-8,15-16H,9H2,(H,17,18). The lowest BCUT2D eigenvalue weighted by Crippen LogP contribution is -2.17. The second kappa shape index (κ2) is 5.84. The summed E-state index contributed by atoms with van der Waals surface area (Å²) in [6.07, 6.45) is 0. The maximum absolute atomic E-state index is 12.1. The molecule has 6 nitrogen and oxygen atoms in total. The smallest absolute Gasteiger partial charge is 0.337 e. The zero-order valence-electron chi connectivity index (χ0n) is 10.9. The zero-order chi connectivity index (χ0) is 15.5. The molecule has 0 atom stereocenters. The predicted molar refractivity (Wildman–Crippen MR) is 77.8 cm³/mol. The van der Waals surface area contributed by atoms with Gasteiger partial charge in [0.2, 0.25) is 10.0 Å². The highest BCUT2D eigenvalue weighted by Crippen LogP contribution is 2.23. The Hall–Kier alpha value is -2.54. The number of carboxylic acids is 1. The number of carboxylic acid groups (broad SMARTS) is 1. The van der Waals surface area contributed by atoms with Crippen LogP contribution in [0.15, 0.2) is 48.5 Å². The summed E-state index contributed by atoms with van der Waals surface area (Å²) in [4.78, 5) is 11.1. The number of anilines is 1. The first-order valence-corrected chi connectivity index (χ1v) is 7.63. The number of carbonyl (C=O) groups is 1. The Kier molecular flexibility index (Phi) is 4.13. The molecule has 2 aromatic rings. The molecule has 0 radical (unpaired) electrons. The lowest BCUT2D eigenvalue weighted by Gasteiger charge is -2.11. The largest absolute Gasteiger partial charge is 0.508 e. The van der Waals surface area contributed by atoms with Gasteiger partial charge in [0.25, 0.3) is 0 Å². The van der Waals surface area contributed by atoms with Crippen LogP contribution in [0.25, 0.3) is 0 Å². The molecule has 0 aliphatic heterocycles. The van der Waals surface area contributed by atoms with Crippen molar-refractivity contribution in [2.24, 2.45) is 0 Å². The fourth-order valence-corrected chi connectivity index (χ4v) is 3.01. The Morgan fingerprint density at radius 2 is 1.76 bits per heavy atom. The summed E-state index contributed by atoms with van der Waals surface area (Å²) in [5.74, 6) is -1.85. The van der Waals surface area contributed by atoms with E-state index in [0.29, 0.717) is 5.56 Å². The van der Waals surface area contributed by atoms with Crippen LogP contribution in [-0.2, 0) is 15.8 Å². The van der Waals surface area contributed by atoms with Crippen LogP contribution in [0.1, 0.15) is 15.9 Å². The molecule has 21 heavy (non-hydrogen) atoms. The number of aromatic carboxylic acids is 1. The Bertz CT molecular complexity index is 756. The highest BCUT2D eigenvalue weighted by Gasteiger charge is 2.17. The fourth-order valence-electron chi connectivity index (χ4n) is 1.80. The fraction of sp³-hybridized carbons (Fsp3) is 0.0714. The molecule has 2 aromatic carbocycles. The van der Waals surface area contributed by atoms with Gasteiger partial charge in [0.15, 0.2) is 0 Å². The van der Waals surface area contributed by atoms with Gasteiger partial charge in [-0.05, 0) is 23.8 Å². The van der Waals surface area contributed by atoms with Gasteiger partial charge in [-0.3, -0.25) is 4.72 Å². The zero-order valence-corrected chi connectivity index (χ0v) is 11.7. The molecule has 0 bridgehead atoms. The topological polar surface area (TPSA) is 104 Å². The summed E-state index contributed by atoms with van der Waals surface area (Å²) in [5.41, 5.74) is 0.184. The van der Waals surface area contributed by atoms with E-state index in [0.717, 1.165) is 6.07 Å². The minimum Gasteiger partial charge on any atom is -0.508 e. The summed E-state index contributed by atoms with van der Waals surface area (Å²) in [6.45, 7) is 0. The molecule has 110 valence electrons. The lowest BCUT2D eigenvalue weighted by atomic mass is 10.2. The van der Waals surface area contributed by atoms with Crippen molar-refractivity contribution in [3.8, 4) is 5.75 Å². The number of rotatable bonds is 5. The number of aromatic hydroxyl groups is 1. The van der Waals surface area contributed by atoms with E-state index in [4.69, 9.17) is 5.11 Å². The molecule has 0 heterocycles. The molecular weight excluding hydrogens is 294 g/mol. The van der Waals surface area contributed by atoms with E-state index in [-0.39, 0.29) is 22.8 Å². The van der Waals surface area contributed by atoms with Crippen molar-refractivity contribution in [2.75, 3.05) is 4.72 Å². The molecule has 3 N–H and O–H groups in total. The third-order valence-electron chi connectivity index (χ3n) is 2.70.